The highest BCUT2D eigenvalue weighted by molar-refractivity contribution is 8.15. The Bertz CT molecular complexity index is 283. The number of thioether (sulfide) groups is 1. The number of ether oxygens (including phenoxy) is 1. The Morgan fingerprint density at radius 2 is 2.46 bits per heavy atom. The maximum absolute atomic E-state index is 11.3. The standard InChI is InChI=1S/C8H11NO3S/c1-3-12-8(11)6-5(10)4-13-7(6)9-2/h10H,3-4H2,1-2H3. The average molecular weight is 201 g/mol. The average Bonchev–Trinajstić information content (AvgIpc) is 2.47. The van der Waals surface area contributed by atoms with E-state index in [2.05, 4.69) is 4.99 Å². The Balaban J connectivity index is 2.87. The van der Waals surface area contributed by atoms with Crippen LogP contribution >= 0.6 is 11.8 Å². The van der Waals surface area contributed by atoms with E-state index < -0.39 is 5.97 Å². The van der Waals surface area contributed by atoms with Gasteiger partial charge in [0.15, 0.2) is 0 Å². The van der Waals surface area contributed by atoms with E-state index in [1.807, 2.05) is 0 Å². The zero-order chi connectivity index (χ0) is 9.84. The highest BCUT2D eigenvalue weighted by Crippen LogP contribution is 2.26. The maximum atomic E-state index is 11.3. The molecule has 72 valence electrons. The number of hydrogen-bond acceptors (Lipinski definition) is 5. The van der Waals surface area contributed by atoms with E-state index in [1.54, 1.807) is 14.0 Å². The van der Waals surface area contributed by atoms with Crippen molar-refractivity contribution in [1.82, 2.24) is 0 Å². The third-order valence-electron chi connectivity index (χ3n) is 1.53. The van der Waals surface area contributed by atoms with E-state index in [0.29, 0.717) is 17.4 Å². The number of aliphatic hydroxyl groups excluding tert-OH is 1. The van der Waals surface area contributed by atoms with Gasteiger partial charge in [-0.15, -0.1) is 0 Å². The molecule has 0 atom stereocenters. The highest BCUT2D eigenvalue weighted by atomic mass is 32.2. The summed E-state index contributed by atoms with van der Waals surface area (Å²) in [7, 11) is 1.58. The van der Waals surface area contributed by atoms with Crippen LogP contribution in [0.4, 0.5) is 0 Å². The number of aliphatic hydroxyl groups is 1. The summed E-state index contributed by atoms with van der Waals surface area (Å²) in [6.45, 7) is 2.03. The first kappa shape index (κ1) is 10.1. The second-order valence-electron chi connectivity index (χ2n) is 2.36. The lowest BCUT2D eigenvalue weighted by Crippen LogP contribution is -2.12. The fourth-order valence-corrected chi connectivity index (χ4v) is 1.88. The first-order valence-corrected chi connectivity index (χ1v) is 4.88. The SMILES string of the molecule is CCOC(=O)C1=C(O)CSC1=NC. The molecule has 0 saturated carbocycles. The molecule has 1 N–H and O–H groups in total. The smallest absolute Gasteiger partial charge is 0.344 e. The zero-order valence-corrected chi connectivity index (χ0v) is 8.35. The second kappa shape index (κ2) is 4.32. The highest BCUT2D eigenvalue weighted by Gasteiger charge is 2.28. The Morgan fingerprint density at radius 3 is 3.00 bits per heavy atom. The molecule has 0 aromatic rings. The molecule has 1 aliphatic heterocycles. The van der Waals surface area contributed by atoms with E-state index >= 15 is 0 Å². The van der Waals surface area contributed by atoms with Crippen molar-refractivity contribution >= 4 is 22.8 Å². The van der Waals surface area contributed by atoms with Crippen molar-refractivity contribution in [3.05, 3.63) is 11.3 Å². The molecule has 0 unspecified atom stereocenters. The van der Waals surface area contributed by atoms with Crippen LogP contribution in [-0.2, 0) is 9.53 Å². The fourth-order valence-electron chi connectivity index (χ4n) is 0.989. The monoisotopic (exact) mass is 201 g/mol. The van der Waals surface area contributed by atoms with Crippen molar-refractivity contribution in [1.29, 1.82) is 0 Å². The second-order valence-corrected chi connectivity index (χ2v) is 3.32. The summed E-state index contributed by atoms with van der Waals surface area (Å²) in [5.74, 6) is -0.0319. The number of rotatable bonds is 2. The number of nitrogens with zero attached hydrogens (tertiary/aromatic N) is 1. The molecule has 0 aliphatic carbocycles. The van der Waals surface area contributed by atoms with Gasteiger partial charge in [-0.2, -0.15) is 0 Å². The summed E-state index contributed by atoms with van der Waals surface area (Å²) in [6.07, 6.45) is 0. The molecular formula is C8H11NO3S. The van der Waals surface area contributed by atoms with Crippen molar-refractivity contribution in [2.75, 3.05) is 19.4 Å². The Kier molecular flexibility index (Phi) is 3.36. The normalized spacial score (nSPS) is 19.7. The van der Waals surface area contributed by atoms with Gasteiger partial charge in [0.1, 0.15) is 16.4 Å². The molecule has 0 bridgehead atoms. The van der Waals surface area contributed by atoms with Gasteiger partial charge in [0.25, 0.3) is 0 Å². The summed E-state index contributed by atoms with van der Waals surface area (Å²) in [4.78, 5) is 15.2. The van der Waals surface area contributed by atoms with Gasteiger partial charge in [-0.1, -0.05) is 11.8 Å². The van der Waals surface area contributed by atoms with Gasteiger partial charge >= 0.3 is 5.97 Å². The number of hydrogen-bond donors (Lipinski definition) is 1. The van der Waals surface area contributed by atoms with Crippen molar-refractivity contribution in [2.45, 2.75) is 6.92 Å². The van der Waals surface area contributed by atoms with Crippen LogP contribution < -0.4 is 0 Å². The summed E-state index contributed by atoms with van der Waals surface area (Å²) in [5, 5.41) is 9.92. The zero-order valence-electron chi connectivity index (χ0n) is 7.53. The summed E-state index contributed by atoms with van der Waals surface area (Å²) < 4.78 is 4.78. The molecule has 1 aliphatic rings. The third kappa shape index (κ3) is 2.03. The molecule has 0 amide bonds. The minimum absolute atomic E-state index is 0.0593. The first-order chi connectivity index (χ1) is 6.20. The van der Waals surface area contributed by atoms with Gasteiger partial charge in [-0.05, 0) is 6.92 Å². The molecule has 1 heterocycles. The van der Waals surface area contributed by atoms with Gasteiger partial charge in [0.05, 0.1) is 12.4 Å². The quantitative estimate of drug-likeness (QED) is 0.680. The number of carbonyl (C=O) groups is 1. The van der Waals surface area contributed by atoms with E-state index in [4.69, 9.17) is 4.74 Å². The predicted octanol–water partition coefficient (Wildman–Crippen LogP) is 1.14. The molecule has 0 radical (unpaired) electrons. The van der Waals surface area contributed by atoms with E-state index in [1.165, 1.54) is 11.8 Å². The van der Waals surface area contributed by atoms with Crippen molar-refractivity contribution < 1.29 is 14.6 Å². The van der Waals surface area contributed by atoms with E-state index in [9.17, 15) is 9.90 Å². The fraction of sp³-hybridized carbons (Fsp3) is 0.500. The van der Waals surface area contributed by atoms with Crippen LogP contribution in [0.3, 0.4) is 0 Å². The molecule has 0 aromatic carbocycles. The Labute approximate surface area is 80.7 Å². The number of esters is 1. The molecule has 4 nitrogen and oxygen atoms in total. The van der Waals surface area contributed by atoms with E-state index in [0.717, 1.165) is 0 Å². The lowest BCUT2D eigenvalue weighted by Gasteiger charge is -2.02. The van der Waals surface area contributed by atoms with Gasteiger partial charge in [0, 0.05) is 7.05 Å². The summed E-state index contributed by atoms with van der Waals surface area (Å²) >= 11 is 1.34. The maximum Gasteiger partial charge on any atom is 0.344 e. The van der Waals surface area contributed by atoms with Crippen LogP contribution in [0.15, 0.2) is 16.3 Å². The van der Waals surface area contributed by atoms with Gasteiger partial charge in [-0.25, -0.2) is 4.79 Å². The molecule has 0 aromatic heterocycles. The summed E-state index contributed by atoms with van der Waals surface area (Å²) in [6, 6.07) is 0. The van der Waals surface area contributed by atoms with Crippen LogP contribution in [-0.4, -0.2) is 35.5 Å². The summed E-state index contributed by atoms with van der Waals surface area (Å²) in [5.41, 5.74) is 0.217. The van der Waals surface area contributed by atoms with Crippen molar-refractivity contribution in [3.8, 4) is 0 Å². The molecule has 13 heavy (non-hydrogen) atoms. The molecule has 0 saturated heterocycles. The van der Waals surface area contributed by atoms with Gasteiger partial charge in [0.2, 0.25) is 0 Å². The molecule has 0 spiro atoms. The molecule has 5 heteroatoms. The van der Waals surface area contributed by atoms with Crippen molar-refractivity contribution in [2.24, 2.45) is 4.99 Å². The van der Waals surface area contributed by atoms with Gasteiger partial charge in [-0.3, -0.25) is 4.99 Å². The van der Waals surface area contributed by atoms with Crippen LogP contribution in [0.25, 0.3) is 0 Å². The Morgan fingerprint density at radius 1 is 1.77 bits per heavy atom. The number of aliphatic imine (C=N–C) groups is 1. The first-order valence-electron chi connectivity index (χ1n) is 3.89. The lowest BCUT2D eigenvalue weighted by atomic mass is 10.2. The minimum atomic E-state index is -0.495. The van der Waals surface area contributed by atoms with Crippen LogP contribution in [0.2, 0.25) is 0 Å². The van der Waals surface area contributed by atoms with Crippen molar-refractivity contribution in [3.63, 3.8) is 0 Å². The van der Waals surface area contributed by atoms with E-state index in [-0.39, 0.29) is 11.3 Å². The lowest BCUT2D eigenvalue weighted by molar-refractivity contribution is -0.138. The number of carbonyl (C=O) groups excluding carboxylic acids is 1. The minimum Gasteiger partial charge on any atom is -0.510 e. The van der Waals surface area contributed by atoms with Crippen LogP contribution in [0.5, 0.6) is 0 Å². The third-order valence-corrected chi connectivity index (χ3v) is 2.61. The Hall–Kier alpha value is -0.970. The predicted molar refractivity (Wildman–Crippen MR) is 52.1 cm³/mol. The molecule has 1 rings (SSSR count). The van der Waals surface area contributed by atoms with Crippen LogP contribution in [0.1, 0.15) is 6.92 Å². The molecular weight excluding hydrogens is 190 g/mol. The topological polar surface area (TPSA) is 58.9 Å². The molecule has 0 fully saturated rings. The largest absolute Gasteiger partial charge is 0.510 e. The van der Waals surface area contributed by atoms with Crippen LogP contribution in [0, 0.1) is 0 Å². The van der Waals surface area contributed by atoms with Gasteiger partial charge < -0.3 is 9.84 Å².